The maximum absolute atomic E-state index is 12.3. The van der Waals surface area contributed by atoms with Crippen molar-refractivity contribution >= 4 is 5.91 Å². The first-order valence-electron chi connectivity index (χ1n) is 7.03. The third kappa shape index (κ3) is 2.68. The van der Waals surface area contributed by atoms with Crippen molar-refractivity contribution in [3.63, 3.8) is 0 Å². The highest BCUT2D eigenvalue weighted by Crippen LogP contribution is 2.31. The Hall–Kier alpha value is -2.17. The lowest BCUT2D eigenvalue weighted by molar-refractivity contribution is -0.124. The van der Waals surface area contributed by atoms with Crippen molar-refractivity contribution in [3.05, 3.63) is 71.3 Å². The number of aliphatic hydroxyl groups is 1. The number of carbonyl (C=O) groups is 1. The lowest BCUT2D eigenvalue weighted by Crippen LogP contribution is -2.39. The van der Waals surface area contributed by atoms with Gasteiger partial charge in [-0.25, -0.2) is 0 Å². The van der Waals surface area contributed by atoms with Gasteiger partial charge in [0.15, 0.2) is 0 Å². The number of benzene rings is 2. The minimum atomic E-state index is -0.730. The average molecular weight is 282 g/mol. The van der Waals surface area contributed by atoms with E-state index < -0.39 is 12.1 Å². The molecule has 4 heteroatoms. The van der Waals surface area contributed by atoms with Gasteiger partial charge in [0.25, 0.3) is 0 Å². The average Bonchev–Trinajstić information content (AvgIpc) is 2.83. The van der Waals surface area contributed by atoms with Gasteiger partial charge in [-0.3, -0.25) is 4.79 Å². The number of nitrogens with one attached hydrogen (secondary N) is 1. The van der Waals surface area contributed by atoms with Crippen LogP contribution in [-0.2, 0) is 11.2 Å². The summed E-state index contributed by atoms with van der Waals surface area (Å²) in [7, 11) is 0. The first kappa shape index (κ1) is 13.8. The SMILES string of the molecule is N[C@@H](C(=O)N[C@@H]1c2ccccc2C[C@@H]1O)c1ccccc1. The molecule has 21 heavy (non-hydrogen) atoms. The van der Waals surface area contributed by atoms with E-state index in [9.17, 15) is 9.90 Å². The number of nitrogens with two attached hydrogens (primary N) is 1. The third-order valence-electron chi connectivity index (χ3n) is 3.94. The Morgan fingerprint density at radius 1 is 1.14 bits per heavy atom. The Morgan fingerprint density at radius 3 is 2.57 bits per heavy atom. The number of hydrogen-bond donors (Lipinski definition) is 3. The zero-order valence-corrected chi connectivity index (χ0v) is 11.6. The maximum atomic E-state index is 12.3. The van der Waals surface area contributed by atoms with Crippen LogP contribution in [0.25, 0.3) is 0 Å². The molecule has 0 aromatic heterocycles. The molecule has 2 aromatic carbocycles. The van der Waals surface area contributed by atoms with Crippen LogP contribution in [0.1, 0.15) is 28.8 Å². The van der Waals surface area contributed by atoms with Crippen molar-refractivity contribution in [1.82, 2.24) is 5.32 Å². The third-order valence-corrected chi connectivity index (χ3v) is 3.94. The number of amides is 1. The molecule has 1 amide bonds. The van der Waals surface area contributed by atoms with Gasteiger partial charge in [0.1, 0.15) is 6.04 Å². The first-order valence-corrected chi connectivity index (χ1v) is 7.03. The van der Waals surface area contributed by atoms with Crippen LogP contribution in [0, 0.1) is 0 Å². The molecule has 4 N–H and O–H groups in total. The molecule has 0 heterocycles. The summed E-state index contributed by atoms with van der Waals surface area (Å²) in [5, 5.41) is 13.0. The highest BCUT2D eigenvalue weighted by Gasteiger charge is 2.33. The quantitative estimate of drug-likeness (QED) is 0.798. The summed E-state index contributed by atoms with van der Waals surface area (Å²) in [4.78, 5) is 12.3. The van der Waals surface area contributed by atoms with Crippen molar-refractivity contribution in [2.24, 2.45) is 5.73 Å². The molecule has 3 rings (SSSR count). The second kappa shape index (κ2) is 5.68. The Labute approximate surface area is 123 Å². The molecule has 108 valence electrons. The molecule has 0 saturated carbocycles. The number of fused-ring (bicyclic) bond motifs is 1. The van der Waals surface area contributed by atoms with Crippen molar-refractivity contribution in [3.8, 4) is 0 Å². The molecule has 0 radical (unpaired) electrons. The molecule has 1 aliphatic rings. The van der Waals surface area contributed by atoms with Gasteiger partial charge in [0, 0.05) is 6.42 Å². The topological polar surface area (TPSA) is 75.4 Å². The number of carbonyl (C=O) groups excluding carboxylic acids is 1. The smallest absolute Gasteiger partial charge is 0.242 e. The summed E-state index contributed by atoms with van der Waals surface area (Å²) in [6.45, 7) is 0. The van der Waals surface area contributed by atoms with Crippen LogP contribution in [0.2, 0.25) is 0 Å². The van der Waals surface area contributed by atoms with Crippen LogP contribution in [0.15, 0.2) is 54.6 Å². The minimum Gasteiger partial charge on any atom is -0.390 e. The molecule has 0 bridgehead atoms. The lowest BCUT2D eigenvalue weighted by atomic mass is 10.0. The predicted octanol–water partition coefficient (Wildman–Crippen LogP) is 1.46. The van der Waals surface area contributed by atoms with Gasteiger partial charge in [0.2, 0.25) is 5.91 Å². The van der Waals surface area contributed by atoms with Gasteiger partial charge in [-0.1, -0.05) is 54.6 Å². The predicted molar refractivity (Wildman–Crippen MR) is 80.4 cm³/mol. The van der Waals surface area contributed by atoms with Gasteiger partial charge in [0.05, 0.1) is 12.1 Å². The summed E-state index contributed by atoms with van der Waals surface area (Å²) in [6.07, 6.45) is -0.0452. The summed E-state index contributed by atoms with van der Waals surface area (Å²) in [5.74, 6) is -0.276. The van der Waals surface area contributed by atoms with E-state index in [1.807, 2.05) is 54.6 Å². The zero-order valence-electron chi connectivity index (χ0n) is 11.6. The molecule has 2 aromatic rings. The minimum absolute atomic E-state index is 0.276. The van der Waals surface area contributed by atoms with Gasteiger partial charge >= 0.3 is 0 Å². The summed E-state index contributed by atoms with van der Waals surface area (Å²) in [5.41, 5.74) is 8.79. The highest BCUT2D eigenvalue weighted by atomic mass is 16.3. The molecule has 3 atom stereocenters. The zero-order chi connectivity index (χ0) is 14.8. The molecule has 1 aliphatic carbocycles. The van der Waals surface area contributed by atoms with E-state index in [0.29, 0.717) is 6.42 Å². The summed E-state index contributed by atoms with van der Waals surface area (Å²) < 4.78 is 0. The van der Waals surface area contributed by atoms with Gasteiger partial charge < -0.3 is 16.2 Å². The normalized spacial score (nSPS) is 21.6. The first-order chi connectivity index (χ1) is 10.2. The number of hydrogen-bond acceptors (Lipinski definition) is 3. The van der Waals surface area contributed by atoms with Gasteiger partial charge in [-0.2, -0.15) is 0 Å². The Bertz CT molecular complexity index is 642. The van der Waals surface area contributed by atoms with Crippen molar-refractivity contribution in [2.45, 2.75) is 24.6 Å². The van der Waals surface area contributed by atoms with Gasteiger partial charge in [-0.05, 0) is 16.7 Å². The Kier molecular flexibility index (Phi) is 3.73. The molecule has 0 unspecified atom stereocenters. The van der Waals surface area contributed by atoms with E-state index in [1.165, 1.54) is 0 Å². The van der Waals surface area contributed by atoms with Gasteiger partial charge in [-0.15, -0.1) is 0 Å². The fourth-order valence-corrected chi connectivity index (χ4v) is 2.80. The number of aliphatic hydroxyl groups excluding tert-OH is 1. The molecular weight excluding hydrogens is 264 g/mol. The molecule has 4 nitrogen and oxygen atoms in total. The molecular formula is C17H18N2O2. The fraction of sp³-hybridized carbons (Fsp3) is 0.235. The lowest BCUT2D eigenvalue weighted by Gasteiger charge is -2.20. The van der Waals surface area contributed by atoms with E-state index in [0.717, 1.165) is 16.7 Å². The second-order valence-corrected chi connectivity index (χ2v) is 5.34. The van der Waals surface area contributed by atoms with E-state index in [1.54, 1.807) is 0 Å². The Morgan fingerprint density at radius 2 is 1.81 bits per heavy atom. The van der Waals surface area contributed by atoms with Crippen LogP contribution >= 0.6 is 0 Å². The standard InChI is InChI=1S/C17H18N2O2/c18-15(11-6-2-1-3-7-11)17(21)19-16-13-9-5-4-8-12(13)10-14(16)20/h1-9,14-16,20H,10,18H2,(H,19,21)/t14-,15+,16+/m0/s1. The largest absolute Gasteiger partial charge is 0.390 e. The second-order valence-electron chi connectivity index (χ2n) is 5.34. The monoisotopic (exact) mass is 282 g/mol. The van der Waals surface area contributed by atoms with E-state index >= 15 is 0 Å². The molecule has 0 aliphatic heterocycles. The van der Waals surface area contributed by atoms with E-state index in [4.69, 9.17) is 5.73 Å². The highest BCUT2D eigenvalue weighted by molar-refractivity contribution is 5.83. The molecule has 0 spiro atoms. The fourth-order valence-electron chi connectivity index (χ4n) is 2.80. The molecule has 0 saturated heterocycles. The van der Waals surface area contributed by atoms with Crippen molar-refractivity contribution in [2.75, 3.05) is 0 Å². The summed E-state index contributed by atoms with van der Waals surface area (Å²) >= 11 is 0. The molecule has 0 fully saturated rings. The van der Waals surface area contributed by atoms with Crippen LogP contribution in [-0.4, -0.2) is 17.1 Å². The van der Waals surface area contributed by atoms with E-state index in [2.05, 4.69) is 5.32 Å². The van der Waals surface area contributed by atoms with Crippen LogP contribution < -0.4 is 11.1 Å². The van der Waals surface area contributed by atoms with Crippen LogP contribution in [0.3, 0.4) is 0 Å². The Balaban J connectivity index is 1.76. The van der Waals surface area contributed by atoms with Crippen LogP contribution in [0.5, 0.6) is 0 Å². The van der Waals surface area contributed by atoms with Crippen molar-refractivity contribution < 1.29 is 9.90 Å². The van der Waals surface area contributed by atoms with Crippen LogP contribution in [0.4, 0.5) is 0 Å². The van der Waals surface area contributed by atoms with E-state index in [-0.39, 0.29) is 11.9 Å². The maximum Gasteiger partial charge on any atom is 0.242 e. The summed E-state index contributed by atoms with van der Waals surface area (Å²) in [6, 6.07) is 15.9. The van der Waals surface area contributed by atoms with Crippen molar-refractivity contribution in [1.29, 1.82) is 0 Å². The number of rotatable bonds is 3.